The van der Waals surface area contributed by atoms with Gasteiger partial charge < -0.3 is 14.8 Å². The van der Waals surface area contributed by atoms with E-state index in [2.05, 4.69) is 15.3 Å². The molecule has 0 aromatic carbocycles. The topological polar surface area (TPSA) is 56.3 Å². The first kappa shape index (κ1) is 13.4. The third-order valence-corrected chi connectivity index (χ3v) is 3.12. The Morgan fingerprint density at radius 3 is 2.72 bits per heavy atom. The molecule has 0 amide bonds. The summed E-state index contributed by atoms with van der Waals surface area (Å²) in [6.07, 6.45) is 5.89. The molecule has 1 saturated heterocycles. The Morgan fingerprint density at radius 2 is 2.06 bits per heavy atom. The largest absolute Gasteiger partial charge is 0.383 e. The zero-order chi connectivity index (χ0) is 12.6. The molecule has 1 fully saturated rings. The molecule has 1 aromatic heterocycles. The van der Waals surface area contributed by atoms with Gasteiger partial charge in [0.25, 0.3) is 0 Å². The van der Waals surface area contributed by atoms with Gasteiger partial charge in [-0.15, -0.1) is 0 Å². The van der Waals surface area contributed by atoms with Gasteiger partial charge in [0.05, 0.1) is 6.61 Å². The first-order valence-corrected chi connectivity index (χ1v) is 6.48. The van der Waals surface area contributed by atoms with E-state index in [1.165, 1.54) is 0 Å². The van der Waals surface area contributed by atoms with E-state index >= 15 is 0 Å². The molecule has 0 spiro atoms. The summed E-state index contributed by atoms with van der Waals surface area (Å²) in [5.41, 5.74) is 1.11. The molecule has 0 unspecified atom stereocenters. The van der Waals surface area contributed by atoms with Crippen molar-refractivity contribution in [2.24, 2.45) is 0 Å². The molecular weight excluding hydrogens is 230 g/mol. The molecule has 1 aromatic rings. The molecule has 5 heteroatoms. The lowest BCUT2D eigenvalue weighted by atomic mass is 9.99. The smallest absolute Gasteiger partial charge is 0.131 e. The van der Waals surface area contributed by atoms with E-state index in [1.807, 2.05) is 12.4 Å². The summed E-state index contributed by atoms with van der Waals surface area (Å²) in [7, 11) is 1.70. The summed E-state index contributed by atoms with van der Waals surface area (Å²) in [6.45, 7) is 4.01. The second kappa shape index (κ2) is 7.41. The first-order valence-electron chi connectivity index (χ1n) is 6.48. The van der Waals surface area contributed by atoms with Gasteiger partial charge in [-0.05, 0) is 12.8 Å². The number of aromatic nitrogens is 2. The lowest BCUT2D eigenvalue weighted by Crippen LogP contribution is -2.19. The molecule has 0 aliphatic carbocycles. The molecule has 1 aliphatic heterocycles. The zero-order valence-corrected chi connectivity index (χ0v) is 10.9. The highest BCUT2D eigenvalue weighted by Crippen LogP contribution is 2.23. The third-order valence-electron chi connectivity index (χ3n) is 3.12. The van der Waals surface area contributed by atoms with Crippen molar-refractivity contribution >= 4 is 0 Å². The Kier molecular flexibility index (Phi) is 5.51. The molecule has 0 bridgehead atoms. The molecular formula is C13H21N3O2. The van der Waals surface area contributed by atoms with Crippen molar-refractivity contribution in [2.45, 2.75) is 25.3 Å². The van der Waals surface area contributed by atoms with Crippen LogP contribution in [0.2, 0.25) is 0 Å². The van der Waals surface area contributed by atoms with Crippen molar-refractivity contribution in [1.29, 1.82) is 0 Å². The van der Waals surface area contributed by atoms with Crippen molar-refractivity contribution in [2.75, 3.05) is 33.5 Å². The summed E-state index contributed by atoms with van der Waals surface area (Å²) < 4.78 is 10.3. The molecule has 1 N–H and O–H groups in total. The minimum Gasteiger partial charge on any atom is -0.383 e. The van der Waals surface area contributed by atoms with Crippen molar-refractivity contribution in [3.63, 3.8) is 0 Å². The van der Waals surface area contributed by atoms with E-state index < -0.39 is 0 Å². The van der Waals surface area contributed by atoms with E-state index in [-0.39, 0.29) is 0 Å². The van der Waals surface area contributed by atoms with Crippen LogP contribution in [0.5, 0.6) is 0 Å². The third kappa shape index (κ3) is 4.01. The molecule has 5 nitrogen and oxygen atoms in total. The molecule has 0 saturated carbocycles. The number of nitrogens with one attached hydrogen (secondary N) is 1. The van der Waals surface area contributed by atoms with Crippen LogP contribution in [-0.4, -0.2) is 43.4 Å². The van der Waals surface area contributed by atoms with Gasteiger partial charge in [0, 0.05) is 57.3 Å². The van der Waals surface area contributed by atoms with Crippen LogP contribution in [0.1, 0.15) is 30.1 Å². The van der Waals surface area contributed by atoms with Crippen LogP contribution < -0.4 is 5.32 Å². The van der Waals surface area contributed by atoms with Gasteiger partial charge in [-0.3, -0.25) is 0 Å². The SMILES string of the molecule is COCCNCc1cnc(C2CCOCC2)nc1. The molecule has 18 heavy (non-hydrogen) atoms. The maximum absolute atomic E-state index is 5.34. The molecule has 1 aliphatic rings. The molecule has 100 valence electrons. The van der Waals surface area contributed by atoms with E-state index in [0.29, 0.717) is 5.92 Å². The number of methoxy groups -OCH3 is 1. The monoisotopic (exact) mass is 251 g/mol. The minimum atomic E-state index is 0.467. The maximum Gasteiger partial charge on any atom is 0.131 e. The Balaban J connectivity index is 1.81. The highest BCUT2D eigenvalue weighted by atomic mass is 16.5. The number of nitrogens with zero attached hydrogens (tertiary/aromatic N) is 2. The average molecular weight is 251 g/mol. The Morgan fingerprint density at radius 1 is 1.33 bits per heavy atom. The first-order chi connectivity index (χ1) is 8.90. The predicted molar refractivity (Wildman–Crippen MR) is 68.4 cm³/mol. The van der Waals surface area contributed by atoms with Gasteiger partial charge in [-0.25, -0.2) is 9.97 Å². The van der Waals surface area contributed by atoms with Crippen LogP contribution in [0, 0.1) is 0 Å². The van der Waals surface area contributed by atoms with Crippen LogP contribution in [0.4, 0.5) is 0 Å². The van der Waals surface area contributed by atoms with Crippen LogP contribution in [0.3, 0.4) is 0 Å². The fraction of sp³-hybridized carbons (Fsp3) is 0.692. The molecule has 2 rings (SSSR count). The fourth-order valence-corrected chi connectivity index (χ4v) is 2.03. The number of hydrogen-bond donors (Lipinski definition) is 1. The summed E-state index contributed by atoms with van der Waals surface area (Å²) in [6, 6.07) is 0. The predicted octanol–water partition coefficient (Wildman–Crippen LogP) is 1.11. The van der Waals surface area contributed by atoms with Gasteiger partial charge in [0.1, 0.15) is 5.82 Å². The average Bonchev–Trinajstić information content (AvgIpc) is 2.45. The van der Waals surface area contributed by atoms with E-state index in [0.717, 1.165) is 57.1 Å². The Hall–Kier alpha value is -1.04. The second-order valence-corrected chi connectivity index (χ2v) is 4.51. The zero-order valence-electron chi connectivity index (χ0n) is 10.9. The van der Waals surface area contributed by atoms with Crippen molar-refractivity contribution in [3.8, 4) is 0 Å². The van der Waals surface area contributed by atoms with Crippen molar-refractivity contribution in [1.82, 2.24) is 15.3 Å². The molecule has 2 heterocycles. The number of rotatable bonds is 6. The van der Waals surface area contributed by atoms with Gasteiger partial charge >= 0.3 is 0 Å². The standard InChI is InChI=1S/C13H21N3O2/c1-17-7-4-14-8-11-9-15-13(16-10-11)12-2-5-18-6-3-12/h9-10,12,14H,2-8H2,1H3. The summed E-state index contributed by atoms with van der Waals surface area (Å²) in [4.78, 5) is 8.93. The normalized spacial score (nSPS) is 16.9. The van der Waals surface area contributed by atoms with E-state index in [9.17, 15) is 0 Å². The van der Waals surface area contributed by atoms with E-state index in [1.54, 1.807) is 7.11 Å². The highest BCUT2D eigenvalue weighted by Gasteiger charge is 2.17. The van der Waals surface area contributed by atoms with Crippen LogP contribution in [0.25, 0.3) is 0 Å². The molecule has 0 atom stereocenters. The molecule has 0 radical (unpaired) electrons. The van der Waals surface area contributed by atoms with Gasteiger partial charge in [0.15, 0.2) is 0 Å². The van der Waals surface area contributed by atoms with Crippen LogP contribution in [-0.2, 0) is 16.0 Å². The van der Waals surface area contributed by atoms with E-state index in [4.69, 9.17) is 9.47 Å². The van der Waals surface area contributed by atoms with Crippen molar-refractivity contribution in [3.05, 3.63) is 23.8 Å². The second-order valence-electron chi connectivity index (χ2n) is 4.51. The summed E-state index contributed by atoms with van der Waals surface area (Å²) in [5, 5.41) is 3.28. The van der Waals surface area contributed by atoms with Crippen molar-refractivity contribution < 1.29 is 9.47 Å². The fourth-order valence-electron chi connectivity index (χ4n) is 2.03. The lowest BCUT2D eigenvalue weighted by Gasteiger charge is -2.20. The quantitative estimate of drug-likeness (QED) is 0.767. The van der Waals surface area contributed by atoms with Gasteiger partial charge in [-0.1, -0.05) is 0 Å². The summed E-state index contributed by atoms with van der Waals surface area (Å²) in [5.74, 6) is 1.42. The minimum absolute atomic E-state index is 0.467. The van der Waals surface area contributed by atoms with Crippen LogP contribution >= 0.6 is 0 Å². The highest BCUT2D eigenvalue weighted by molar-refractivity contribution is 5.07. The Bertz CT molecular complexity index is 337. The van der Waals surface area contributed by atoms with Gasteiger partial charge in [-0.2, -0.15) is 0 Å². The van der Waals surface area contributed by atoms with Crippen LogP contribution in [0.15, 0.2) is 12.4 Å². The summed E-state index contributed by atoms with van der Waals surface area (Å²) >= 11 is 0. The lowest BCUT2D eigenvalue weighted by molar-refractivity contribution is 0.0835. The Labute approximate surface area is 108 Å². The maximum atomic E-state index is 5.34. The number of hydrogen-bond acceptors (Lipinski definition) is 5. The number of ether oxygens (including phenoxy) is 2. The van der Waals surface area contributed by atoms with Gasteiger partial charge in [0.2, 0.25) is 0 Å².